The third-order valence-corrected chi connectivity index (χ3v) is 1.84. The van der Waals surface area contributed by atoms with Crippen LogP contribution in [-0.2, 0) is 19.0 Å². The number of carboxylic acid groups (broad SMARTS) is 1. The van der Waals surface area contributed by atoms with E-state index in [2.05, 4.69) is 0 Å². The van der Waals surface area contributed by atoms with E-state index in [1.807, 2.05) is 0 Å². The van der Waals surface area contributed by atoms with E-state index in [1.54, 1.807) is 0 Å². The Morgan fingerprint density at radius 3 is 2.91 bits per heavy atom. The second-order valence-corrected chi connectivity index (χ2v) is 2.56. The zero-order valence-electron chi connectivity index (χ0n) is 5.73. The lowest BCUT2D eigenvalue weighted by molar-refractivity contribution is -0.164. The van der Waals surface area contributed by atoms with Crippen LogP contribution in [0.25, 0.3) is 0 Å². The first-order valence-electron chi connectivity index (χ1n) is 3.39. The van der Waals surface area contributed by atoms with Gasteiger partial charge in [-0.05, 0) is 0 Å². The topological polar surface area (TPSA) is 65.0 Å². The molecule has 0 radical (unpaired) electrons. The molecule has 2 aliphatic rings. The highest BCUT2D eigenvalue weighted by Crippen LogP contribution is 2.28. The number of hydrogen-bond donors (Lipinski definition) is 1. The highest BCUT2D eigenvalue weighted by atomic mass is 16.8. The fourth-order valence-corrected chi connectivity index (χ4v) is 1.27. The monoisotopic (exact) mass is 160 g/mol. The van der Waals surface area contributed by atoms with Crippen LogP contribution in [0.2, 0.25) is 0 Å². The molecule has 0 spiro atoms. The second kappa shape index (κ2) is 2.44. The zero-order chi connectivity index (χ0) is 7.84. The number of ether oxygens (including phenoxy) is 3. The van der Waals surface area contributed by atoms with Crippen LogP contribution in [-0.4, -0.2) is 36.4 Å². The first kappa shape index (κ1) is 7.02. The summed E-state index contributed by atoms with van der Waals surface area (Å²) in [7, 11) is 0. The van der Waals surface area contributed by atoms with Crippen LogP contribution in [0.4, 0.5) is 0 Å². The van der Waals surface area contributed by atoms with Crippen molar-refractivity contribution >= 4 is 5.97 Å². The predicted molar refractivity (Wildman–Crippen MR) is 31.7 cm³/mol. The van der Waals surface area contributed by atoms with E-state index in [1.165, 1.54) is 0 Å². The summed E-state index contributed by atoms with van der Waals surface area (Å²) in [4.78, 5) is 10.4. The van der Waals surface area contributed by atoms with Gasteiger partial charge in [0, 0.05) is 6.42 Å². The Hall–Kier alpha value is -0.650. The molecule has 3 atom stereocenters. The first-order valence-corrected chi connectivity index (χ1v) is 3.39. The molecule has 0 bridgehead atoms. The van der Waals surface area contributed by atoms with Crippen LogP contribution in [0.3, 0.4) is 0 Å². The maximum absolute atomic E-state index is 10.4. The van der Waals surface area contributed by atoms with E-state index in [4.69, 9.17) is 19.3 Å². The molecule has 0 aromatic carbocycles. The van der Waals surface area contributed by atoms with Crippen molar-refractivity contribution in [2.24, 2.45) is 0 Å². The summed E-state index contributed by atoms with van der Waals surface area (Å²) in [6, 6.07) is 0. The van der Waals surface area contributed by atoms with Gasteiger partial charge in [0.1, 0.15) is 6.10 Å². The van der Waals surface area contributed by atoms with Crippen molar-refractivity contribution in [3.63, 3.8) is 0 Å². The summed E-state index contributed by atoms with van der Waals surface area (Å²) in [6.07, 6.45) is -1.02. The molecule has 2 fully saturated rings. The third-order valence-electron chi connectivity index (χ3n) is 1.84. The van der Waals surface area contributed by atoms with Crippen LogP contribution in [0.1, 0.15) is 6.42 Å². The van der Waals surface area contributed by atoms with Gasteiger partial charge in [-0.2, -0.15) is 0 Å². The zero-order valence-corrected chi connectivity index (χ0v) is 5.73. The minimum Gasteiger partial charge on any atom is -0.479 e. The van der Waals surface area contributed by atoms with Crippen LogP contribution >= 0.6 is 0 Å². The van der Waals surface area contributed by atoms with Gasteiger partial charge in [-0.15, -0.1) is 0 Å². The van der Waals surface area contributed by atoms with E-state index < -0.39 is 18.4 Å². The minimum atomic E-state index is -0.952. The lowest BCUT2D eigenvalue weighted by Gasteiger charge is -2.05. The quantitative estimate of drug-likeness (QED) is 0.563. The third kappa shape index (κ3) is 1.11. The normalized spacial score (nSPS) is 42.4. The van der Waals surface area contributed by atoms with Crippen molar-refractivity contribution in [3.8, 4) is 0 Å². The van der Waals surface area contributed by atoms with Crippen LogP contribution in [0.5, 0.6) is 0 Å². The Balaban J connectivity index is 1.99. The SMILES string of the molecule is O=C(O)[C@@H]1C[C@H]2OCO[C@H]2O1. The summed E-state index contributed by atoms with van der Waals surface area (Å²) >= 11 is 0. The average molecular weight is 160 g/mol. The van der Waals surface area contributed by atoms with Crippen molar-refractivity contribution < 1.29 is 24.1 Å². The van der Waals surface area contributed by atoms with Gasteiger partial charge < -0.3 is 19.3 Å². The maximum Gasteiger partial charge on any atom is 0.333 e. The minimum absolute atomic E-state index is 0.184. The Bertz CT molecular complexity index is 168. The molecular formula is C6H8O5. The average Bonchev–Trinajstić information content (AvgIpc) is 2.40. The fourth-order valence-electron chi connectivity index (χ4n) is 1.27. The smallest absolute Gasteiger partial charge is 0.333 e. The van der Waals surface area contributed by atoms with E-state index >= 15 is 0 Å². The molecule has 2 aliphatic heterocycles. The van der Waals surface area contributed by atoms with E-state index in [0.717, 1.165) is 0 Å². The molecule has 0 unspecified atom stereocenters. The van der Waals surface area contributed by atoms with Gasteiger partial charge in [0.2, 0.25) is 0 Å². The van der Waals surface area contributed by atoms with Gasteiger partial charge in [0.25, 0.3) is 0 Å². The first-order chi connectivity index (χ1) is 5.27. The number of rotatable bonds is 1. The molecule has 2 heterocycles. The fraction of sp³-hybridized carbons (Fsp3) is 0.833. The largest absolute Gasteiger partial charge is 0.479 e. The van der Waals surface area contributed by atoms with Crippen molar-refractivity contribution in [1.82, 2.24) is 0 Å². The summed E-state index contributed by atoms with van der Waals surface area (Å²) in [5.74, 6) is -0.952. The second-order valence-electron chi connectivity index (χ2n) is 2.56. The number of carbonyl (C=O) groups is 1. The van der Waals surface area contributed by atoms with E-state index in [0.29, 0.717) is 6.42 Å². The number of aliphatic carboxylic acids is 1. The molecule has 0 amide bonds. The molecule has 2 saturated heterocycles. The Morgan fingerprint density at radius 1 is 1.45 bits per heavy atom. The van der Waals surface area contributed by atoms with E-state index in [-0.39, 0.29) is 12.9 Å². The molecule has 5 heteroatoms. The van der Waals surface area contributed by atoms with Gasteiger partial charge >= 0.3 is 5.97 Å². The lowest BCUT2D eigenvalue weighted by Crippen LogP contribution is -2.21. The Morgan fingerprint density at radius 2 is 2.27 bits per heavy atom. The number of fused-ring (bicyclic) bond motifs is 1. The number of carboxylic acids is 1. The van der Waals surface area contributed by atoms with Crippen molar-refractivity contribution in [3.05, 3.63) is 0 Å². The molecule has 2 rings (SSSR count). The van der Waals surface area contributed by atoms with Crippen LogP contribution < -0.4 is 0 Å². The molecular weight excluding hydrogens is 152 g/mol. The Labute approximate surface area is 62.8 Å². The molecule has 5 nitrogen and oxygen atoms in total. The van der Waals surface area contributed by atoms with Gasteiger partial charge in [-0.3, -0.25) is 0 Å². The Kier molecular flexibility index (Phi) is 1.56. The molecule has 62 valence electrons. The molecule has 0 saturated carbocycles. The standard InChI is InChI=1S/C6H8O5/c7-5(8)3-1-4-6(11-3)10-2-9-4/h3-4,6H,1-2H2,(H,7,8)/t3-,4+,6-/m0/s1. The summed E-state index contributed by atoms with van der Waals surface area (Å²) in [5.41, 5.74) is 0. The van der Waals surface area contributed by atoms with Gasteiger partial charge in [0.05, 0.1) is 0 Å². The predicted octanol–water partition coefficient (Wildman–Crippen LogP) is -0.441. The number of hydrogen-bond acceptors (Lipinski definition) is 4. The molecule has 1 N–H and O–H groups in total. The summed E-state index contributed by atoms with van der Waals surface area (Å²) in [5, 5.41) is 8.53. The van der Waals surface area contributed by atoms with Gasteiger partial charge in [-0.25, -0.2) is 4.79 Å². The molecule has 11 heavy (non-hydrogen) atoms. The summed E-state index contributed by atoms with van der Waals surface area (Å²) < 4.78 is 15.0. The lowest BCUT2D eigenvalue weighted by atomic mass is 10.2. The molecule has 0 aromatic heterocycles. The van der Waals surface area contributed by atoms with Crippen molar-refractivity contribution in [1.29, 1.82) is 0 Å². The van der Waals surface area contributed by atoms with Crippen molar-refractivity contribution in [2.75, 3.05) is 6.79 Å². The van der Waals surface area contributed by atoms with Crippen LogP contribution in [0.15, 0.2) is 0 Å². The van der Waals surface area contributed by atoms with E-state index in [9.17, 15) is 4.79 Å². The molecule has 0 aliphatic carbocycles. The van der Waals surface area contributed by atoms with Crippen molar-refractivity contribution in [2.45, 2.75) is 24.9 Å². The van der Waals surface area contributed by atoms with Gasteiger partial charge in [0.15, 0.2) is 19.2 Å². The highest BCUT2D eigenvalue weighted by Gasteiger charge is 2.43. The van der Waals surface area contributed by atoms with Gasteiger partial charge in [-0.1, -0.05) is 0 Å². The highest BCUT2D eigenvalue weighted by molar-refractivity contribution is 5.72. The summed E-state index contributed by atoms with van der Waals surface area (Å²) in [6.45, 7) is 0.210. The maximum atomic E-state index is 10.4. The molecule has 0 aromatic rings. The van der Waals surface area contributed by atoms with Crippen LogP contribution in [0, 0.1) is 0 Å².